The standard InChI is InChI=1S/C14H17F3N2O/c15-14(16,17)13-9-12(6-5-11(13)10-18)19-7-3-1-2-4-8-20/h5-6,9,19-20H,1-4,7-8H2. The summed E-state index contributed by atoms with van der Waals surface area (Å²) in [4.78, 5) is 0. The minimum atomic E-state index is -4.52. The summed E-state index contributed by atoms with van der Waals surface area (Å²) in [6.07, 6.45) is -1.14. The molecule has 2 N–H and O–H groups in total. The molecule has 20 heavy (non-hydrogen) atoms. The highest BCUT2D eigenvalue weighted by atomic mass is 19.4. The summed E-state index contributed by atoms with van der Waals surface area (Å²) in [5, 5.41) is 20.2. The van der Waals surface area contributed by atoms with Gasteiger partial charge in [0.15, 0.2) is 0 Å². The Morgan fingerprint density at radius 1 is 1.15 bits per heavy atom. The number of benzene rings is 1. The minimum Gasteiger partial charge on any atom is -0.396 e. The molecule has 0 bridgehead atoms. The molecular weight excluding hydrogens is 269 g/mol. The van der Waals surface area contributed by atoms with E-state index in [1.54, 1.807) is 6.07 Å². The average Bonchev–Trinajstić information content (AvgIpc) is 2.41. The largest absolute Gasteiger partial charge is 0.417 e. The zero-order valence-electron chi connectivity index (χ0n) is 11.0. The van der Waals surface area contributed by atoms with Crippen LogP contribution < -0.4 is 5.32 Å². The molecule has 0 fully saturated rings. The van der Waals surface area contributed by atoms with Crippen LogP contribution >= 0.6 is 0 Å². The van der Waals surface area contributed by atoms with Crippen molar-refractivity contribution in [1.29, 1.82) is 5.26 Å². The van der Waals surface area contributed by atoms with Crippen molar-refractivity contribution in [3.8, 4) is 6.07 Å². The van der Waals surface area contributed by atoms with Crippen molar-refractivity contribution in [2.45, 2.75) is 31.9 Å². The van der Waals surface area contributed by atoms with Crippen molar-refractivity contribution in [2.75, 3.05) is 18.5 Å². The second kappa shape index (κ2) is 7.75. The first-order valence-corrected chi connectivity index (χ1v) is 6.45. The Kier molecular flexibility index (Phi) is 6.32. The Hall–Kier alpha value is -1.74. The molecule has 1 aromatic rings. The van der Waals surface area contributed by atoms with E-state index in [1.807, 2.05) is 0 Å². The quantitative estimate of drug-likeness (QED) is 0.754. The van der Waals surface area contributed by atoms with Crippen molar-refractivity contribution in [2.24, 2.45) is 0 Å². The average molecular weight is 286 g/mol. The predicted octanol–water partition coefficient (Wildman–Crippen LogP) is 3.54. The predicted molar refractivity (Wildman–Crippen MR) is 70.2 cm³/mol. The van der Waals surface area contributed by atoms with Gasteiger partial charge in [-0.1, -0.05) is 12.8 Å². The van der Waals surface area contributed by atoms with Gasteiger partial charge in [-0.15, -0.1) is 0 Å². The summed E-state index contributed by atoms with van der Waals surface area (Å²) < 4.78 is 38.2. The van der Waals surface area contributed by atoms with E-state index in [0.29, 0.717) is 12.2 Å². The van der Waals surface area contributed by atoms with Crippen LogP contribution in [0.3, 0.4) is 0 Å². The third-order valence-electron chi connectivity index (χ3n) is 2.86. The molecule has 0 aromatic heterocycles. The van der Waals surface area contributed by atoms with Crippen molar-refractivity contribution in [1.82, 2.24) is 0 Å². The summed E-state index contributed by atoms with van der Waals surface area (Å²) >= 11 is 0. The molecule has 0 aliphatic carbocycles. The summed E-state index contributed by atoms with van der Waals surface area (Å²) in [6, 6.07) is 5.16. The number of nitrogens with zero attached hydrogens (tertiary/aromatic N) is 1. The zero-order valence-corrected chi connectivity index (χ0v) is 11.0. The van der Waals surface area contributed by atoms with Gasteiger partial charge in [-0.3, -0.25) is 0 Å². The molecule has 0 radical (unpaired) electrons. The number of halogens is 3. The number of rotatable bonds is 7. The van der Waals surface area contributed by atoms with Gasteiger partial charge < -0.3 is 10.4 Å². The maximum atomic E-state index is 12.7. The summed E-state index contributed by atoms with van der Waals surface area (Å²) in [6.45, 7) is 0.729. The Balaban J connectivity index is 2.58. The van der Waals surface area contributed by atoms with Crippen LogP contribution in [-0.2, 0) is 6.18 Å². The monoisotopic (exact) mass is 286 g/mol. The number of hydrogen-bond donors (Lipinski definition) is 2. The molecule has 0 saturated carbocycles. The van der Waals surface area contributed by atoms with E-state index in [2.05, 4.69) is 5.32 Å². The molecule has 0 atom stereocenters. The first-order valence-electron chi connectivity index (χ1n) is 6.45. The number of aliphatic hydroxyl groups is 1. The van der Waals surface area contributed by atoms with Gasteiger partial charge in [-0.2, -0.15) is 18.4 Å². The maximum absolute atomic E-state index is 12.7. The van der Waals surface area contributed by atoms with Crippen LogP contribution in [-0.4, -0.2) is 18.3 Å². The van der Waals surface area contributed by atoms with Crippen LogP contribution in [0.5, 0.6) is 0 Å². The lowest BCUT2D eigenvalue weighted by Gasteiger charge is -2.12. The van der Waals surface area contributed by atoms with Gasteiger partial charge in [0.25, 0.3) is 0 Å². The lowest BCUT2D eigenvalue weighted by molar-refractivity contribution is -0.137. The molecule has 0 heterocycles. The van der Waals surface area contributed by atoms with Gasteiger partial charge in [0.1, 0.15) is 0 Å². The van der Waals surface area contributed by atoms with Gasteiger partial charge in [-0.05, 0) is 31.0 Å². The van der Waals surface area contributed by atoms with Gasteiger partial charge in [0, 0.05) is 18.8 Å². The number of alkyl halides is 3. The Bertz CT molecular complexity index is 466. The highest BCUT2D eigenvalue weighted by Gasteiger charge is 2.33. The lowest BCUT2D eigenvalue weighted by Crippen LogP contribution is -2.09. The fraction of sp³-hybridized carbons (Fsp3) is 0.500. The van der Waals surface area contributed by atoms with Crippen LogP contribution in [0, 0.1) is 11.3 Å². The van der Waals surface area contributed by atoms with Gasteiger partial charge in [0.05, 0.1) is 17.2 Å². The van der Waals surface area contributed by atoms with Crippen LogP contribution in [0.25, 0.3) is 0 Å². The van der Waals surface area contributed by atoms with E-state index in [-0.39, 0.29) is 12.2 Å². The maximum Gasteiger partial charge on any atom is 0.417 e. The Morgan fingerprint density at radius 3 is 2.45 bits per heavy atom. The highest BCUT2D eigenvalue weighted by Crippen LogP contribution is 2.33. The fourth-order valence-electron chi connectivity index (χ4n) is 1.81. The molecule has 0 spiro atoms. The second-order valence-corrected chi connectivity index (χ2v) is 4.43. The summed E-state index contributed by atoms with van der Waals surface area (Å²) in [7, 11) is 0. The van der Waals surface area contributed by atoms with Gasteiger partial charge >= 0.3 is 6.18 Å². The molecule has 1 rings (SSSR count). The SMILES string of the molecule is N#Cc1ccc(NCCCCCCO)cc1C(F)(F)F. The third kappa shape index (κ3) is 5.10. The molecular formula is C14H17F3N2O. The van der Waals surface area contributed by atoms with E-state index in [9.17, 15) is 13.2 Å². The molecule has 3 nitrogen and oxygen atoms in total. The first-order chi connectivity index (χ1) is 9.49. The summed E-state index contributed by atoms with van der Waals surface area (Å²) in [5.41, 5.74) is -0.922. The lowest BCUT2D eigenvalue weighted by atomic mass is 10.1. The summed E-state index contributed by atoms with van der Waals surface area (Å²) in [5.74, 6) is 0. The highest BCUT2D eigenvalue weighted by molar-refractivity contribution is 5.53. The van der Waals surface area contributed by atoms with Crippen LogP contribution in [0.4, 0.5) is 18.9 Å². The fourth-order valence-corrected chi connectivity index (χ4v) is 1.81. The van der Waals surface area contributed by atoms with Crippen molar-refractivity contribution in [3.63, 3.8) is 0 Å². The third-order valence-corrected chi connectivity index (χ3v) is 2.86. The number of hydrogen-bond acceptors (Lipinski definition) is 3. The van der Waals surface area contributed by atoms with Crippen molar-refractivity contribution < 1.29 is 18.3 Å². The normalized spacial score (nSPS) is 11.2. The van der Waals surface area contributed by atoms with Crippen LogP contribution in [0.2, 0.25) is 0 Å². The molecule has 6 heteroatoms. The van der Waals surface area contributed by atoms with Crippen LogP contribution in [0.1, 0.15) is 36.8 Å². The van der Waals surface area contributed by atoms with Crippen molar-refractivity contribution in [3.05, 3.63) is 29.3 Å². The van der Waals surface area contributed by atoms with E-state index >= 15 is 0 Å². The van der Waals surface area contributed by atoms with E-state index in [4.69, 9.17) is 10.4 Å². The molecule has 0 aliphatic heterocycles. The van der Waals surface area contributed by atoms with Crippen molar-refractivity contribution >= 4 is 5.69 Å². The molecule has 110 valence electrons. The van der Waals surface area contributed by atoms with E-state index < -0.39 is 11.7 Å². The molecule has 0 unspecified atom stereocenters. The molecule has 0 aliphatic rings. The number of unbranched alkanes of at least 4 members (excludes halogenated alkanes) is 3. The van der Waals surface area contributed by atoms with E-state index in [1.165, 1.54) is 12.1 Å². The Labute approximate surface area is 116 Å². The number of nitriles is 1. The molecule has 0 amide bonds. The van der Waals surface area contributed by atoms with Gasteiger partial charge in [0.2, 0.25) is 0 Å². The zero-order chi connectivity index (χ0) is 15.0. The van der Waals surface area contributed by atoms with Gasteiger partial charge in [-0.25, -0.2) is 0 Å². The minimum absolute atomic E-state index is 0.165. The van der Waals surface area contributed by atoms with Crippen LogP contribution in [0.15, 0.2) is 18.2 Å². The number of aliphatic hydroxyl groups excluding tert-OH is 1. The first kappa shape index (κ1) is 16.3. The smallest absolute Gasteiger partial charge is 0.396 e. The Morgan fingerprint density at radius 2 is 1.85 bits per heavy atom. The topological polar surface area (TPSA) is 56.0 Å². The second-order valence-electron chi connectivity index (χ2n) is 4.43. The number of nitrogens with one attached hydrogen (secondary N) is 1. The number of anilines is 1. The van der Waals surface area contributed by atoms with E-state index in [0.717, 1.165) is 31.7 Å². The molecule has 0 saturated heterocycles. The molecule has 1 aromatic carbocycles.